The van der Waals surface area contributed by atoms with E-state index in [-0.39, 0.29) is 0 Å². The van der Waals surface area contributed by atoms with Gasteiger partial charge in [-0.15, -0.1) is 0 Å². The molecular formula is C42H38N2. The summed E-state index contributed by atoms with van der Waals surface area (Å²) < 4.78 is 4.98. The van der Waals surface area contributed by atoms with E-state index in [0.29, 0.717) is 12.0 Å². The molecule has 8 rings (SSSR count). The standard InChI is InChI=1S/C42H38N2/c1-25(2)34-21-28(6)40(22-27(34)5)44-38-18-12-10-16-33(38)42-32-15-8-7-13-30(32)35(24-41(42)44)29-19-20-39-36(23-29)31-14-9-11-17-37(31)43(39)26(3)4/h7-26H,1-6H3. The second kappa shape index (κ2) is 9.86. The molecule has 0 saturated heterocycles. The first-order chi connectivity index (χ1) is 21.3. The second-order valence-electron chi connectivity index (χ2n) is 13.1. The maximum absolute atomic E-state index is 2.51. The lowest BCUT2D eigenvalue weighted by Crippen LogP contribution is -2.01. The lowest BCUT2D eigenvalue weighted by Gasteiger charge is -2.18. The van der Waals surface area contributed by atoms with E-state index in [1.807, 2.05) is 0 Å². The van der Waals surface area contributed by atoms with Crippen molar-refractivity contribution < 1.29 is 0 Å². The third kappa shape index (κ3) is 3.80. The van der Waals surface area contributed by atoms with E-state index >= 15 is 0 Å². The number of aromatic nitrogens is 2. The number of hydrogen-bond acceptors (Lipinski definition) is 0. The van der Waals surface area contributed by atoms with Crippen LogP contribution in [-0.4, -0.2) is 9.13 Å². The van der Waals surface area contributed by atoms with Gasteiger partial charge in [-0.05, 0) is 109 Å². The van der Waals surface area contributed by atoms with Crippen LogP contribution in [0.3, 0.4) is 0 Å². The van der Waals surface area contributed by atoms with E-state index in [4.69, 9.17) is 0 Å². The third-order valence-electron chi connectivity index (χ3n) is 9.66. The van der Waals surface area contributed by atoms with E-state index in [0.717, 1.165) is 0 Å². The van der Waals surface area contributed by atoms with E-state index < -0.39 is 0 Å². The van der Waals surface area contributed by atoms with Crippen LogP contribution in [0.4, 0.5) is 0 Å². The van der Waals surface area contributed by atoms with Gasteiger partial charge in [-0.1, -0.05) is 86.6 Å². The number of benzene rings is 6. The van der Waals surface area contributed by atoms with Crippen molar-refractivity contribution in [3.8, 4) is 16.8 Å². The van der Waals surface area contributed by atoms with Crippen LogP contribution >= 0.6 is 0 Å². The minimum absolute atomic E-state index is 0.380. The van der Waals surface area contributed by atoms with Crippen LogP contribution in [0.1, 0.15) is 56.3 Å². The van der Waals surface area contributed by atoms with Crippen LogP contribution in [0.15, 0.2) is 109 Å². The zero-order chi connectivity index (χ0) is 30.3. The minimum Gasteiger partial charge on any atom is -0.338 e. The Morgan fingerprint density at radius 3 is 1.86 bits per heavy atom. The number of para-hydroxylation sites is 2. The first-order valence-corrected chi connectivity index (χ1v) is 15.9. The highest BCUT2D eigenvalue weighted by atomic mass is 15.0. The van der Waals surface area contributed by atoms with Crippen LogP contribution in [0.25, 0.3) is 71.2 Å². The fraction of sp³-hybridized carbons (Fsp3) is 0.190. The SMILES string of the molecule is Cc1cc(-n2c3ccccc3c3c4ccccc4c(-c4ccc5c(c4)c4ccccc4n5C(C)C)cc32)c(C)cc1C(C)C. The lowest BCUT2D eigenvalue weighted by atomic mass is 9.93. The highest BCUT2D eigenvalue weighted by Crippen LogP contribution is 2.43. The summed E-state index contributed by atoms with van der Waals surface area (Å²) in [5, 5.41) is 7.83. The van der Waals surface area contributed by atoms with Gasteiger partial charge in [0.15, 0.2) is 0 Å². The average molecular weight is 571 g/mol. The van der Waals surface area contributed by atoms with Crippen LogP contribution in [0.2, 0.25) is 0 Å². The van der Waals surface area contributed by atoms with Crippen LogP contribution in [0.5, 0.6) is 0 Å². The number of aryl methyl sites for hydroxylation is 2. The van der Waals surface area contributed by atoms with Gasteiger partial charge >= 0.3 is 0 Å². The van der Waals surface area contributed by atoms with Gasteiger partial charge in [-0.2, -0.15) is 0 Å². The van der Waals surface area contributed by atoms with Crippen molar-refractivity contribution >= 4 is 54.4 Å². The predicted octanol–water partition coefficient (Wildman–Crippen LogP) is 12.0. The van der Waals surface area contributed by atoms with Gasteiger partial charge in [-0.25, -0.2) is 0 Å². The zero-order valence-electron chi connectivity index (χ0n) is 26.4. The first kappa shape index (κ1) is 26.8. The van der Waals surface area contributed by atoms with Crippen LogP contribution in [0, 0.1) is 13.8 Å². The summed E-state index contributed by atoms with van der Waals surface area (Å²) in [6, 6.07) is 41.4. The molecule has 2 nitrogen and oxygen atoms in total. The zero-order valence-corrected chi connectivity index (χ0v) is 26.4. The molecule has 0 bridgehead atoms. The Kier molecular flexibility index (Phi) is 6.00. The molecule has 2 aromatic heterocycles. The van der Waals surface area contributed by atoms with Crippen molar-refractivity contribution in [2.24, 2.45) is 0 Å². The molecule has 2 heteroatoms. The van der Waals surface area contributed by atoms with Crippen molar-refractivity contribution in [3.05, 3.63) is 126 Å². The summed E-state index contributed by atoms with van der Waals surface area (Å²) in [7, 11) is 0. The van der Waals surface area contributed by atoms with Gasteiger partial charge in [-0.3, -0.25) is 0 Å². The minimum atomic E-state index is 0.380. The average Bonchev–Trinajstić information content (AvgIpc) is 3.54. The Morgan fingerprint density at radius 2 is 1.14 bits per heavy atom. The molecule has 2 heterocycles. The van der Waals surface area contributed by atoms with Gasteiger partial charge < -0.3 is 9.13 Å². The van der Waals surface area contributed by atoms with E-state index in [2.05, 4.69) is 160 Å². The van der Waals surface area contributed by atoms with Crippen molar-refractivity contribution in [2.75, 3.05) is 0 Å². The maximum atomic E-state index is 2.51. The summed E-state index contributed by atoms with van der Waals surface area (Å²) in [5.74, 6) is 0.494. The normalized spacial score (nSPS) is 12.3. The van der Waals surface area contributed by atoms with Crippen molar-refractivity contribution in [2.45, 2.75) is 53.5 Å². The summed E-state index contributed by atoms with van der Waals surface area (Å²) in [6.07, 6.45) is 0. The Hall–Kier alpha value is -4.82. The van der Waals surface area contributed by atoms with Crippen molar-refractivity contribution in [1.82, 2.24) is 9.13 Å². The molecule has 6 aromatic carbocycles. The monoisotopic (exact) mass is 570 g/mol. The topological polar surface area (TPSA) is 9.86 Å². The Balaban J connectivity index is 1.49. The number of nitrogens with zero attached hydrogens (tertiary/aromatic N) is 2. The maximum Gasteiger partial charge on any atom is 0.0553 e. The van der Waals surface area contributed by atoms with Crippen LogP contribution in [-0.2, 0) is 0 Å². The molecule has 0 amide bonds. The molecule has 216 valence electrons. The van der Waals surface area contributed by atoms with Gasteiger partial charge in [0.25, 0.3) is 0 Å². The summed E-state index contributed by atoms with van der Waals surface area (Å²) in [5.41, 5.74) is 13.0. The molecule has 0 radical (unpaired) electrons. The molecule has 0 atom stereocenters. The first-order valence-electron chi connectivity index (χ1n) is 15.9. The van der Waals surface area contributed by atoms with E-state index in [1.165, 1.54) is 87.9 Å². The number of fused-ring (bicyclic) bond motifs is 8. The smallest absolute Gasteiger partial charge is 0.0553 e. The van der Waals surface area contributed by atoms with Crippen LogP contribution < -0.4 is 0 Å². The van der Waals surface area contributed by atoms with Gasteiger partial charge in [0, 0.05) is 44.3 Å². The highest BCUT2D eigenvalue weighted by molar-refractivity contribution is 6.24. The molecule has 0 fully saturated rings. The van der Waals surface area contributed by atoms with Crippen molar-refractivity contribution in [3.63, 3.8) is 0 Å². The Bertz CT molecular complexity index is 2410. The van der Waals surface area contributed by atoms with Gasteiger partial charge in [0.2, 0.25) is 0 Å². The Labute approximate surface area is 259 Å². The second-order valence-corrected chi connectivity index (χ2v) is 13.1. The summed E-state index contributed by atoms with van der Waals surface area (Å²) >= 11 is 0. The molecule has 0 aliphatic heterocycles. The van der Waals surface area contributed by atoms with Crippen molar-refractivity contribution in [1.29, 1.82) is 0 Å². The highest BCUT2D eigenvalue weighted by Gasteiger charge is 2.20. The summed E-state index contributed by atoms with van der Waals surface area (Å²) in [4.78, 5) is 0. The predicted molar refractivity (Wildman–Crippen MR) is 191 cm³/mol. The fourth-order valence-electron chi connectivity index (χ4n) is 7.74. The molecule has 0 aliphatic rings. The van der Waals surface area contributed by atoms with Gasteiger partial charge in [0.05, 0.1) is 11.0 Å². The molecule has 8 aromatic rings. The third-order valence-corrected chi connectivity index (χ3v) is 9.66. The van der Waals surface area contributed by atoms with E-state index in [1.54, 1.807) is 0 Å². The Morgan fingerprint density at radius 1 is 0.500 bits per heavy atom. The molecule has 0 unspecified atom stereocenters. The molecule has 0 N–H and O–H groups in total. The molecular weight excluding hydrogens is 532 g/mol. The molecule has 0 spiro atoms. The fourth-order valence-corrected chi connectivity index (χ4v) is 7.74. The molecule has 0 saturated carbocycles. The quantitative estimate of drug-likeness (QED) is 0.199. The number of rotatable bonds is 4. The van der Waals surface area contributed by atoms with Gasteiger partial charge in [0.1, 0.15) is 0 Å². The molecule has 44 heavy (non-hydrogen) atoms. The summed E-state index contributed by atoms with van der Waals surface area (Å²) in [6.45, 7) is 13.7. The number of hydrogen-bond donors (Lipinski definition) is 0. The largest absolute Gasteiger partial charge is 0.338 e. The van der Waals surface area contributed by atoms with E-state index in [9.17, 15) is 0 Å². The molecule has 0 aliphatic carbocycles. The lowest BCUT2D eigenvalue weighted by molar-refractivity contribution is 0.642.